The Bertz CT molecular complexity index is 1080. The summed E-state index contributed by atoms with van der Waals surface area (Å²) in [4.78, 5) is 11.7. The van der Waals surface area contributed by atoms with Crippen LogP contribution in [0.5, 0.6) is 11.8 Å². The molecule has 0 atom stereocenters. The van der Waals surface area contributed by atoms with E-state index in [-0.39, 0.29) is 40.9 Å². The molecule has 0 aliphatic heterocycles. The van der Waals surface area contributed by atoms with Crippen molar-refractivity contribution in [2.24, 2.45) is 0 Å². The van der Waals surface area contributed by atoms with E-state index in [9.17, 15) is 17.6 Å². The van der Waals surface area contributed by atoms with E-state index in [0.717, 1.165) is 31.2 Å². The van der Waals surface area contributed by atoms with Crippen LogP contribution in [0, 0.1) is 0 Å². The van der Waals surface area contributed by atoms with Gasteiger partial charge in [0.2, 0.25) is 5.88 Å². The Labute approximate surface area is 155 Å². The molecular weight excluding hydrogens is 380 g/mol. The third-order valence-electron chi connectivity index (χ3n) is 4.35. The smallest absolute Gasteiger partial charge is 0.416 e. The van der Waals surface area contributed by atoms with Crippen LogP contribution in [0.25, 0.3) is 16.7 Å². The van der Waals surface area contributed by atoms with Gasteiger partial charge in [-0.3, -0.25) is 0 Å². The molecule has 11 heteroatoms. The molecule has 4 rings (SSSR count). The number of anilines is 1. The fourth-order valence-corrected chi connectivity index (χ4v) is 3.02. The summed E-state index contributed by atoms with van der Waals surface area (Å²) in [5.41, 5.74) is 5.50. The van der Waals surface area contributed by atoms with E-state index in [4.69, 9.17) is 10.5 Å². The Morgan fingerprint density at radius 2 is 1.89 bits per heavy atom. The maximum absolute atomic E-state index is 14.3. The molecule has 0 fully saturated rings. The Kier molecular flexibility index (Phi) is 4.36. The van der Waals surface area contributed by atoms with Crippen molar-refractivity contribution in [2.75, 3.05) is 5.73 Å². The zero-order chi connectivity index (χ0) is 19.9. The lowest BCUT2D eigenvalue weighted by Crippen LogP contribution is -2.07. The zero-order valence-corrected chi connectivity index (χ0v) is 14.4. The molecule has 7 nitrogen and oxygen atoms in total. The lowest BCUT2D eigenvalue weighted by atomic mass is 10.0. The van der Waals surface area contributed by atoms with Gasteiger partial charge in [-0.05, 0) is 25.3 Å². The number of nitrogens with zero attached hydrogens (tertiary/aromatic N) is 5. The van der Waals surface area contributed by atoms with Crippen molar-refractivity contribution < 1.29 is 22.3 Å². The van der Waals surface area contributed by atoms with E-state index in [1.165, 1.54) is 11.0 Å². The minimum absolute atomic E-state index is 0.00930. The van der Waals surface area contributed by atoms with Crippen molar-refractivity contribution in [3.8, 4) is 11.8 Å². The van der Waals surface area contributed by atoms with Gasteiger partial charge in [0.05, 0.1) is 11.3 Å². The molecule has 0 saturated heterocycles. The van der Waals surface area contributed by atoms with E-state index >= 15 is 0 Å². The lowest BCUT2D eigenvalue weighted by molar-refractivity contribution is -0.137. The maximum Gasteiger partial charge on any atom is 0.416 e. The molecule has 28 heavy (non-hydrogen) atoms. The van der Waals surface area contributed by atoms with E-state index < -0.39 is 11.7 Å². The Hall–Kier alpha value is -3.24. The summed E-state index contributed by atoms with van der Waals surface area (Å²) in [6, 6.07) is 1.56. The van der Waals surface area contributed by atoms with Gasteiger partial charge in [-0.1, -0.05) is 0 Å². The second-order valence-electron chi connectivity index (χ2n) is 6.22. The number of rotatable bonds is 3. The molecule has 3 aromatic heterocycles. The van der Waals surface area contributed by atoms with Crippen molar-refractivity contribution in [1.29, 1.82) is 0 Å². The predicted octanol–water partition coefficient (Wildman–Crippen LogP) is 4.33. The largest absolute Gasteiger partial charge is 0.418 e. The molecule has 0 saturated carbocycles. The molecule has 146 valence electrons. The molecule has 3 aromatic rings. The Morgan fingerprint density at radius 1 is 1.11 bits per heavy atom. The van der Waals surface area contributed by atoms with Gasteiger partial charge in [0.15, 0.2) is 5.65 Å². The standard InChI is InChI=1S/C17H14F4N6O/c18-10-3-1-2-4-11(10)27-15-13(14(22)24-8-25-15)16(26-27)28-12-7-9(5-6-23-12)17(19,20)21/h5-8H,1-4H2,(H2,22,24,25). The summed E-state index contributed by atoms with van der Waals surface area (Å²) in [5.74, 6) is -0.792. The van der Waals surface area contributed by atoms with Crippen LogP contribution in [0.3, 0.4) is 0 Å². The van der Waals surface area contributed by atoms with E-state index in [0.29, 0.717) is 12.1 Å². The first kappa shape index (κ1) is 18.1. The van der Waals surface area contributed by atoms with Crippen molar-refractivity contribution in [1.82, 2.24) is 24.7 Å². The highest BCUT2D eigenvalue weighted by Crippen LogP contribution is 2.37. The number of fused-ring (bicyclic) bond motifs is 1. The molecule has 1 aliphatic carbocycles. The van der Waals surface area contributed by atoms with Crippen molar-refractivity contribution >= 4 is 22.5 Å². The number of allylic oxidation sites excluding steroid dienone is 2. The minimum atomic E-state index is -4.55. The fourth-order valence-electron chi connectivity index (χ4n) is 3.02. The van der Waals surface area contributed by atoms with Gasteiger partial charge in [-0.25, -0.2) is 24.0 Å². The van der Waals surface area contributed by atoms with Crippen molar-refractivity contribution in [3.63, 3.8) is 0 Å². The normalized spacial score (nSPS) is 15.3. The topological polar surface area (TPSA) is 91.7 Å². The molecule has 0 radical (unpaired) electrons. The SMILES string of the molecule is Nc1ncnc2c1c(Oc1cc(C(F)(F)F)ccn1)nn2C1=C(F)CCCC1. The van der Waals surface area contributed by atoms with E-state index in [1.54, 1.807) is 0 Å². The van der Waals surface area contributed by atoms with Gasteiger partial charge < -0.3 is 10.5 Å². The first-order chi connectivity index (χ1) is 13.3. The number of nitrogens with two attached hydrogens (primary N) is 1. The first-order valence-corrected chi connectivity index (χ1v) is 8.43. The first-order valence-electron chi connectivity index (χ1n) is 8.43. The van der Waals surface area contributed by atoms with Crippen LogP contribution >= 0.6 is 0 Å². The fraction of sp³-hybridized carbons (Fsp3) is 0.294. The number of alkyl halides is 3. The van der Waals surface area contributed by atoms with Crippen LogP contribution in [0.2, 0.25) is 0 Å². The third kappa shape index (κ3) is 3.23. The van der Waals surface area contributed by atoms with Gasteiger partial charge in [-0.15, -0.1) is 5.10 Å². The summed E-state index contributed by atoms with van der Waals surface area (Å²) >= 11 is 0. The second kappa shape index (κ2) is 6.73. The summed E-state index contributed by atoms with van der Waals surface area (Å²) in [5, 5.41) is 4.38. The summed E-state index contributed by atoms with van der Waals surface area (Å²) < 4.78 is 59.9. The predicted molar refractivity (Wildman–Crippen MR) is 91.8 cm³/mol. The quantitative estimate of drug-likeness (QED) is 0.665. The average Bonchev–Trinajstić information content (AvgIpc) is 3.01. The number of hydrogen-bond acceptors (Lipinski definition) is 6. The van der Waals surface area contributed by atoms with Gasteiger partial charge in [0.25, 0.3) is 5.88 Å². The van der Waals surface area contributed by atoms with E-state index in [2.05, 4.69) is 20.1 Å². The Morgan fingerprint density at radius 3 is 2.64 bits per heavy atom. The summed E-state index contributed by atoms with van der Waals surface area (Å²) in [6.45, 7) is 0. The number of hydrogen-bond donors (Lipinski definition) is 1. The highest BCUT2D eigenvalue weighted by atomic mass is 19.4. The lowest BCUT2D eigenvalue weighted by Gasteiger charge is -2.14. The molecule has 0 amide bonds. The molecule has 0 spiro atoms. The summed E-state index contributed by atoms with van der Waals surface area (Å²) in [7, 11) is 0. The Balaban J connectivity index is 1.82. The molecule has 0 unspecified atom stereocenters. The van der Waals surface area contributed by atoms with Gasteiger partial charge in [0, 0.05) is 18.7 Å². The molecule has 2 N–H and O–H groups in total. The number of pyridine rings is 1. The highest BCUT2D eigenvalue weighted by Gasteiger charge is 2.31. The molecule has 3 heterocycles. The zero-order valence-electron chi connectivity index (χ0n) is 14.4. The van der Waals surface area contributed by atoms with Gasteiger partial charge in [-0.2, -0.15) is 13.2 Å². The number of nitrogen functional groups attached to an aromatic ring is 1. The molecule has 0 bridgehead atoms. The van der Waals surface area contributed by atoms with Crippen LogP contribution in [0.1, 0.15) is 31.2 Å². The van der Waals surface area contributed by atoms with Crippen LogP contribution in [-0.4, -0.2) is 24.7 Å². The molecule has 1 aliphatic rings. The number of halogens is 4. The minimum Gasteiger partial charge on any atom is -0.418 e. The average molecular weight is 394 g/mol. The van der Waals surface area contributed by atoms with E-state index in [1.807, 2.05) is 0 Å². The number of ether oxygens (including phenoxy) is 1. The molecular formula is C17H14F4N6O. The van der Waals surface area contributed by atoms with Crippen LogP contribution in [0.15, 0.2) is 30.5 Å². The maximum atomic E-state index is 14.3. The molecule has 0 aromatic carbocycles. The summed E-state index contributed by atoms with van der Waals surface area (Å²) in [6.07, 6.45) is -0.166. The van der Waals surface area contributed by atoms with Crippen LogP contribution in [-0.2, 0) is 6.18 Å². The third-order valence-corrected chi connectivity index (χ3v) is 4.35. The monoisotopic (exact) mass is 394 g/mol. The highest BCUT2D eigenvalue weighted by molar-refractivity contribution is 5.92. The second-order valence-corrected chi connectivity index (χ2v) is 6.22. The van der Waals surface area contributed by atoms with Crippen LogP contribution in [0.4, 0.5) is 23.4 Å². The van der Waals surface area contributed by atoms with Crippen LogP contribution < -0.4 is 10.5 Å². The number of aromatic nitrogens is 5. The van der Waals surface area contributed by atoms with Crippen molar-refractivity contribution in [3.05, 3.63) is 36.0 Å². The van der Waals surface area contributed by atoms with Crippen molar-refractivity contribution in [2.45, 2.75) is 31.9 Å². The van der Waals surface area contributed by atoms with Gasteiger partial charge in [0.1, 0.15) is 23.4 Å². The van der Waals surface area contributed by atoms with Gasteiger partial charge >= 0.3 is 6.18 Å².